The van der Waals surface area contributed by atoms with Gasteiger partial charge in [-0.25, -0.2) is 0 Å². The monoisotopic (exact) mass is 364 g/mol. The lowest BCUT2D eigenvalue weighted by atomic mass is 9.87. The Hall–Kier alpha value is -2.06. The van der Waals surface area contributed by atoms with Crippen LogP contribution >= 0.6 is 12.2 Å². The first-order valence-electron chi connectivity index (χ1n) is 9.34. The van der Waals surface area contributed by atoms with E-state index >= 15 is 0 Å². The maximum atomic E-state index is 12.4. The molecular weight excluding hydrogens is 336 g/mol. The van der Waals surface area contributed by atoms with Crippen molar-refractivity contribution in [3.8, 4) is 0 Å². The summed E-state index contributed by atoms with van der Waals surface area (Å²) in [6.07, 6.45) is 6.86. The number of thiocarbonyl (C=S) groups is 1. The molecule has 2 aromatic carbocycles. The predicted octanol–water partition coefficient (Wildman–Crippen LogP) is 6.32. The molecule has 0 heterocycles. The summed E-state index contributed by atoms with van der Waals surface area (Å²) in [4.78, 5) is 13.5. The van der Waals surface area contributed by atoms with E-state index in [1.54, 1.807) is 6.08 Å². The Balaban J connectivity index is 1.92. The van der Waals surface area contributed by atoms with E-state index in [4.69, 9.17) is 12.2 Å². The van der Waals surface area contributed by atoms with Crippen LogP contribution in [0.3, 0.4) is 0 Å². The molecule has 0 aliphatic heterocycles. The van der Waals surface area contributed by atoms with Crippen LogP contribution in [0.1, 0.15) is 44.2 Å². The highest BCUT2D eigenvalue weighted by Gasteiger charge is 2.16. The van der Waals surface area contributed by atoms with Crippen LogP contribution in [0.4, 0.5) is 0 Å². The zero-order valence-corrected chi connectivity index (χ0v) is 16.5. The van der Waals surface area contributed by atoms with Crippen molar-refractivity contribution >= 4 is 28.9 Å². The van der Waals surface area contributed by atoms with E-state index in [-0.39, 0.29) is 5.78 Å². The molecule has 0 amide bonds. The van der Waals surface area contributed by atoms with Gasteiger partial charge in [-0.15, -0.1) is 0 Å². The molecule has 26 heavy (non-hydrogen) atoms. The van der Waals surface area contributed by atoms with Crippen molar-refractivity contribution in [1.29, 1.82) is 0 Å². The van der Waals surface area contributed by atoms with Crippen LogP contribution in [0.15, 0.2) is 66.7 Å². The topological polar surface area (TPSA) is 17.1 Å². The van der Waals surface area contributed by atoms with E-state index in [1.165, 1.54) is 5.56 Å². The molecule has 0 aromatic heterocycles. The molecule has 0 spiro atoms. The van der Waals surface area contributed by atoms with Gasteiger partial charge in [0.25, 0.3) is 0 Å². The van der Waals surface area contributed by atoms with Crippen LogP contribution in [-0.2, 0) is 11.2 Å². The van der Waals surface area contributed by atoms with Crippen molar-refractivity contribution in [3.63, 3.8) is 0 Å². The number of allylic oxidation sites excluding steroid dienone is 1. The minimum Gasteiger partial charge on any atom is -0.295 e. The first-order valence-corrected chi connectivity index (χ1v) is 9.75. The van der Waals surface area contributed by atoms with Gasteiger partial charge in [0, 0.05) is 12.8 Å². The van der Waals surface area contributed by atoms with Crippen molar-refractivity contribution in [2.24, 2.45) is 11.8 Å². The number of carbonyl (C=O) groups is 1. The zero-order valence-electron chi connectivity index (χ0n) is 15.7. The number of ketones is 1. The molecule has 0 saturated carbocycles. The van der Waals surface area contributed by atoms with Crippen LogP contribution in [0.2, 0.25) is 0 Å². The minimum absolute atomic E-state index is 0.182. The molecule has 0 aliphatic carbocycles. The average molecular weight is 365 g/mol. The molecule has 0 fully saturated rings. The number of hydrogen-bond acceptors (Lipinski definition) is 2. The summed E-state index contributed by atoms with van der Waals surface area (Å²) in [5.41, 5.74) is 2.30. The van der Waals surface area contributed by atoms with Gasteiger partial charge < -0.3 is 0 Å². The summed E-state index contributed by atoms with van der Waals surface area (Å²) in [6, 6.07) is 20.3. The van der Waals surface area contributed by atoms with Gasteiger partial charge in [0.15, 0.2) is 5.78 Å². The van der Waals surface area contributed by atoms with Gasteiger partial charge in [0.05, 0.1) is 0 Å². The average Bonchev–Trinajstić information content (AvgIpc) is 2.61. The lowest BCUT2D eigenvalue weighted by Crippen LogP contribution is -2.15. The van der Waals surface area contributed by atoms with E-state index < -0.39 is 0 Å². The van der Waals surface area contributed by atoms with Crippen molar-refractivity contribution in [1.82, 2.24) is 0 Å². The number of rotatable bonds is 10. The van der Waals surface area contributed by atoms with Crippen LogP contribution in [0.5, 0.6) is 0 Å². The molecule has 0 N–H and O–H groups in total. The fourth-order valence-electron chi connectivity index (χ4n) is 3.23. The molecule has 136 valence electrons. The Bertz CT molecular complexity index is 716. The summed E-state index contributed by atoms with van der Waals surface area (Å²) in [5.74, 6) is 1.06. The molecule has 0 saturated heterocycles. The minimum atomic E-state index is 0.182. The zero-order chi connectivity index (χ0) is 18.8. The third-order valence-corrected chi connectivity index (χ3v) is 4.63. The maximum absolute atomic E-state index is 12.4. The Morgan fingerprint density at radius 1 is 0.962 bits per heavy atom. The van der Waals surface area contributed by atoms with E-state index in [0.29, 0.717) is 18.3 Å². The van der Waals surface area contributed by atoms with Gasteiger partial charge in [0.2, 0.25) is 0 Å². The second-order valence-electron chi connectivity index (χ2n) is 7.32. The third-order valence-electron chi connectivity index (χ3n) is 4.32. The summed E-state index contributed by atoms with van der Waals surface area (Å²) in [6.45, 7) is 4.41. The molecular formula is C24H28OS. The molecule has 2 aromatic rings. The Morgan fingerprint density at radius 3 is 2.19 bits per heavy atom. The van der Waals surface area contributed by atoms with E-state index in [9.17, 15) is 4.79 Å². The quantitative estimate of drug-likeness (QED) is 0.362. The lowest BCUT2D eigenvalue weighted by molar-refractivity contribution is -0.115. The van der Waals surface area contributed by atoms with Crippen LogP contribution in [0.25, 0.3) is 6.08 Å². The van der Waals surface area contributed by atoms with Gasteiger partial charge in [-0.2, -0.15) is 0 Å². The van der Waals surface area contributed by atoms with Crippen LogP contribution < -0.4 is 0 Å². The van der Waals surface area contributed by atoms with Gasteiger partial charge in [-0.05, 0) is 46.7 Å². The predicted molar refractivity (Wildman–Crippen MR) is 115 cm³/mol. The molecule has 1 unspecified atom stereocenters. The van der Waals surface area contributed by atoms with Crippen LogP contribution in [0, 0.1) is 11.8 Å². The fraction of sp³-hybridized carbons (Fsp3) is 0.333. The highest BCUT2D eigenvalue weighted by atomic mass is 32.1. The van der Waals surface area contributed by atoms with Crippen molar-refractivity contribution in [2.45, 2.75) is 39.5 Å². The summed E-state index contributed by atoms with van der Waals surface area (Å²) < 4.78 is 0. The van der Waals surface area contributed by atoms with Gasteiger partial charge in [-0.3, -0.25) is 4.79 Å². The third kappa shape index (κ3) is 7.88. The smallest absolute Gasteiger partial charge is 0.155 e. The second-order valence-corrected chi connectivity index (χ2v) is 7.89. The van der Waals surface area contributed by atoms with Crippen molar-refractivity contribution < 1.29 is 4.79 Å². The number of benzene rings is 2. The molecule has 1 atom stereocenters. The highest BCUT2D eigenvalue weighted by Crippen LogP contribution is 2.22. The molecule has 2 rings (SSSR count). The van der Waals surface area contributed by atoms with Gasteiger partial charge >= 0.3 is 0 Å². The molecule has 0 bridgehead atoms. The SMILES string of the molecule is CC(C)CC(CC(=O)/C=C/c1ccccc1)CC(=S)Cc1ccccc1. The summed E-state index contributed by atoms with van der Waals surface area (Å²) >= 11 is 5.63. The second kappa shape index (κ2) is 10.8. The number of hydrogen-bond donors (Lipinski definition) is 0. The molecule has 0 radical (unpaired) electrons. The van der Waals surface area contributed by atoms with E-state index in [2.05, 4.69) is 26.0 Å². The maximum Gasteiger partial charge on any atom is 0.155 e. The normalized spacial score (nSPS) is 12.4. The lowest BCUT2D eigenvalue weighted by Gasteiger charge is -2.18. The van der Waals surface area contributed by atoms with Gasteiger partial charge in [0.1, 0.15) is 0 Å². The highest BCUT2D eigenvalue weighted by molar-refractivity contribution is 7.80. The largest absolute Gasteiger partial charge is 0.295 e. The van der Waals surface area contributed by atoms with Crippen molar-refractivity contribution in [3.05, 3.63) is 77.9 Å². The van der Waals surface area contributed by atoms with Crippen molar-refractivity contribution in [2.75, 3.05) is 0 Å². The summed E-state index contributed by atoms with van der Waals surface area (Å²) in [7, 11) is 0. The van der Waals surface area contributed by atoms with Gasteiger partial charge in [-0.1, -0.05) is 92.8 Å². The first kappa shape index (κ1) is 20.3. The summed E-state index contributed by atoms with van der Waals surface area (Å²) in [5, 5.41) is 0. The number of carbonyl (C=O) groups excluding carboxylic acids is 1. The van der Waals surface area contributed by atoms with Crippen LogP contribution in [-0.4, -0.2) is 10.6 Å². The molecule has 1 nitrogen and oxygen atoms in total. The first-order chi connectivity index (χ1) is 12.5. The standard InChI is InChI=1S/C24H28OS/c1-19(2)15-22(18-24(26)17-21-11-7-4-8-12-21)16-23(25)14-13-20-9-5-3-6-10-20/h3-14,19,22H,15-18H2,1-2H3/b14-13+. The Labute approximate surface area is 163 Å². The Kier molecular flexibility index (Phi) is 8.43. The van der Waals surface area contributed by atoms with E-state index in [0.717, 1.165) is 29.7 Å². The molecule has 2 heteroatoms. The fourth-order valence-corrected chi connectivity index (χ4v) is 3.63. The van der Waals surface area contributed by atoms with E-state index in [1.807, 2.05) is 54.6 Å². The molecule has 0 aliphatic rings. The Morgan fingerprint density at radius 2 is 1.58 bits per heavy atom.